The summed E-state index contributed by atoms with van der Waals surface area (Å²) < 4.78 is 45.2. The van der Waals surface area contributed by atoms with Crippen molar-refractivity contribution in [2.75, 3.05) is 13.7 Å². The highest BCUT2D eigenvalue weighted by molar-refractivity contribution is 5.97. The standard InChI is InChI=1S/C11H13F3N2O2/c1-17-9-3-2-7(4-8(9)10(15)16)5-18-6-11(12,13)14/h2-4H,5-6H2,1H3,(H3,15,16). The Morgan fingerprint density at radius 2 is 2.06 bits per heavy atom. The zero-order chi connectivity index (χ0) is 13.8. The van der Waals surface area contributed by atoms with E-state index in [4.69, 9.17) is 15.9 Å². The first-order valence-corrected chi connectivity index (χ1v) is 4.99. The van der Waals surface area contributed by atoms with Gasteiger partial charge in [-0.3, -0.25) is 5.41 Å². The van der Waals surface area contributed by atoms with E-state index in [0.717, 1.165) is 0 Å². The van der Waals surface area contributed by atoms with E-state index in [9.17, 15) is 13.2 Å². The van der Waals surface area contributed by atoms with Crippen LogP contribution in [0, 0.1) is 5.41 Å². The summed E-state index contributed by atoms with van der Waals surface area (Å²) in [6.45, 7) is -1.52. The van der Waals surface area contributed by atoms with Crippen LogP contribution in [0.3, 0.4) is 0 Å². The summed E-state index contributed by atoms with van der Waals surface area (Å²) in [5, 5.41) is 7.33. The lowest BCUT2D eigenvalue weighted by molar-refractivity contribution is -0.176. The van der Waals surface area contributed by atoms with Crippen molar-refractivity contribution >= 4 is 5.84 Å². The first-order chi connectivity index (χ1) is 8.33. The van der Waals surface area contributed by atoms with Crippen LogP contribution in [-0.4, -0.2) is 25.7 Å². The molecule has 0 atom stereocenters. The molecule has 0 aliphatic carbocycles. The number of nitrogen functional groups attached to an aromatic ring is 1. The largest absolute Gasteiger partial charge is 0.496 e. The Hall–Kier alpha value is -1.76. The molecule has 0 saturated carbocycles. The van der Waals surface area contributed by atoms with Gasteiger partial charge >= 0.3 is 6.18 Å². The fraction of sp³-hybridized carbons (Fsp3) is 0.364. The van der Waals surface area contributed by atoms with Gasteiger partial charge in [-0.1, -0.05) is 6.07 Å². The Morgan fingerprint density at radius 3 is 2.56 bits per heavy atom. The molecule has 1 rings (SSSR count). The molecule has 0 saturated heterocycles. The highest BCUT2D eigenvalue weighted by Crippen LogP contribution is 2.21. The van der Waals surface area contributed by atoms with Gasteiger partial charge in [-0.25, -0.2) is 0 Å². The number of benzene rings is 1. The van der Waals surface area contributed by atoms with E-state index in [1.54, 1.807) is 6.07 Å². The molecule has 0 fully saturated rings. The first-order valence-electron chi connectivity index (χ1n) is 4.99. The van der Waals surface area contributed by atoms with E-state index in [0.29, 0.717) is 16.9 Å². The maximum absolute atomic E-state index is 11.9. The molecule has 18 heavy (non-hydrogen) atoms. The second-order valence-electron chi connectivity index (χ2n) is 3.56. The number of ether oxygens (including phenoxy) is 2. The van der Waals surface area contributed by atoms with Crippen molar-refractivity contribution in [2.45, 2.75) is 12.8 Å². The predicted molar refractivity (Wildman–Crippen MR) is 59.7 cm³/mol. The number of rotatable bonds is 5. The minimum atomic E-state index is -4.35. The summed E-state index contributed by atoms with van der Waals surface area (Å²) in [4.78, 5) is 0. The fourth-order valence-electron chi connectivity index (χ4n) is 1.34. The molecule has 0 aliphatic heterocycles. The number of nitrogens with one attached hydrogen (secondary N) is 1. The molecular weight excluding hydrogens is 249 g/mol. The average molecular weight is 262 g/mol. The van der Waals surface area contributed by atoms with Crippen LogP contribution in [0.2, 0.25) is 0 Å². The Bertz CT molecular complexity index is 433. The van der Waals surface area contributed by atoms with Gasteiger partial charge in [0.1, 0.15) is 18.2 Å². The number of nitrogens with two attached hydrogens (primary N) is 1. The minimum absolute atomic E-state index is 0.205. The number of hydrogen-bond donors (Lipinski definition) is 2. The molecule has 0 heterocycles. The Labute approximate surface area is 102 Å². The van der Waals surface area contributed by atoms with Crippen LogP contribution in [0.4, 0.5) is 13.2 Å². The third kappa shape index (κ3) is 4.25. The summed E-state index contributed by atoms with van der Waals surface area (Å²) in [5.41, 5.74) is 6.16. The molecule has 0 amide bonds. The number of alkyl halides is 3. The number of halogens is 3. The van der Waals surface area contributed by atoms with E-state index in [2.05, 4.69) is 4.74 Å². The third-order valence-electron chi connectivity index (χ3n) is 2.09. The van der Waals surface area contributed by atoms with Crippen molar-refractivity contribution < 1.29 is 22.6 Å². The quantitative estimate of drug-likeness (QED) is 0.630. The molecule has 1 aromatic rings. The summed E-state index contributed by atoms with van der Waals surface area (Å²) in [6, 6.07) is 4.56. The molecule has 0 aromatic heterocycles. The molecule has 3 N–H and O–H groups in total. The van der Waals surface area contributed by atoms with Gasteiger partial charge < -0.3 is 15.2 Å². The lowest BCUT2D eigenvalue weighted by Crippen LogP contribution is -2.17. The monoisotopic (exact) mass is 262 g/mol. The number of methoxy groups -OCH3 is 1. The van der Waals surface area contributed by atoms with Gasteiger partial charge in [-0.15, -0.1) is 0 Å². The van der Waals surface area contributed by atoms with Crippen LogP contribution < -0.4 is 10.5 Å². The smallest absolute Gasteiger partial charge is 0.411 e. The molecule has 1 aromatic carbocycles. The SMILES string of the molecule is COc1ccc(COCC(F)(F)F)cc1C(=N)N. The number of hydrogen-bond acceptors (Lipinski definition) is 3. The minimum Gasteiger partial charge on any atom is -0.496 e. The van der Waals surface area contributed by atoms with Gasteiger partial charge in [-0.2, -0.15) is 13.2 Å². The number of amidine groups is 1. The molecular formula is C11H13F3N2O2. The van der Waals surface area contributed by atoms with Crippen LogP contribution >= 0.6 is 0 Å². The van der Waals surface area contributed by atoms with E-state index in [-0.39, 0.29) is 12.4 Å². The van der Waals surface area contributed by atoms with Crippen molar-refractivity contribution in [2.24, 2.45) is 5.73 Å². The van der Waals surface area contributed by atoms with Gasteiger partial charge in [0, 0.05) is 0 Å². The zero-order valence-electron chi connectivity index (χ0n) is 9.67. The normalized spacial score (nSPS) is 11.3. The van der Waals surface area contributed by atoms with Gasteiger partial charge in [0.05, 0.1) is 19.3 Å². The zero-order valence-corrected chi connectivity index (χ0v) is 9.67. The van der Waals surface area contributed by atoms with Crippen molar-refractivity contribution in [1.29, 1.82) is 5.41 Å². The second-order valence-corrected chi connectivity index (χ2v) is 3.56. The Kier molecular flexibility index (Phi) is 4.55. The topological polar surface area (TPSA) is 68.3 Å². The van der Waals surface area contributed by atoms with Crippen LogP contribution in [0.25, 0.3) is 0 Å². The lowest BCUT2D eigenvalue weighted by Gasteiger charge is -2.11. The first kappa shape index (κ1) is 14.3. The molecule has 0 unspecified atom stereocenters. The third-order valence-corrected chi connectivity index (χ3v) is 2.09. The van der Waals surface area contributed by atoms with E-state index >= 15 is 0 Å². The summed E-state index contributed by atoms with van der Waals surface area (Å²) in [5.74, 6) is 0.173. The van der Waals surface area contributed by atoms with Crippen LogP contribution in [0.1, 0.15) is 11.1 Å². The molecule has 0 aliphatic rings. The lowest BCUT2D eigenvalue weighted by atomic mass is 10.1. The highest BCUT2D eigenvalue weighted by Gasteiger charge is 2.27. The van der Waals surface area contributed by atoms with Gasteiger partial charge in [-0.05, 0) is 17.7 Å². The van der Waals surface area contributed by atoms with Crippen LogP contribution in [-0.2, 0) is 11.3 Å². The molecule has 0 spiro atoms. The molecule has 0 radical (unpaired) electrons. The van der Waals surface area contributed by atoms with Gasteiger partial charge in [0.2, 0.25) is 0 Å². The van der Waals surface area contributed by atoms with Crippen molar-refractivity contribution in [3.05, 3.63) is 29.3 Å². The maximum Gasteiger partial charge on any atom is 0.411 e. The summed E-state index contributed by atoms with van der Waals surface area (Å²) >= 11 is 0. The highest BCUT2D eigenvalue weighted by atomic mass is 19.4. The van der Waals surface area contributed by atoms with Crippen LogP contribution in [0.15, 0.2) is 18.2 Å². The summed E-state index contributed by atoms with van der Waals surface area (Å²) in [6.07, 6.45) is -4.35. The maximum atomic E-state index is 11.9. The predicted octanol–water partition coefficient (Wildman–Crippen LogP) is 2.06. The second kappa shape index (κ2) is 5.72. The Morgan fingerprint density at radius 1 is 1.39 bits per heavy atom. The van der Waals surface area contributed by atoms with Crippen LogP contribution in [0.5, 0.6) is 5.75 Å². The van der Waals surface area contributed by atoms with Crippen molar-refractivity contribution in [1.82, 2.24) is 0 Å². The molecule has 4 nitrogen and oxygen atoms in total. The molecule has 0 bridgehead atoms. The average Bonchev–Trinajstić information content (AvgIpc) is 2.27. The van der Waals surface area contributed by atoms with Gasteiger partial charge in [0.25, 0.3) is 0 Å². The van der Waals surface area contributed by atoms with Crippen molar-refractivity contribution in [3.8, 4) is 5.75 Å². The van der Waals surface area contributed by atoms with Gasteiger partial charge in [0.15, 0.2) is 0 Å². The Balaban J connectivity index is 2.73. The van der Waals surface area contributed by atoms with E-state index in [1.165, 1.54) is 19.2 Å². The fourth-order valence-corrected chi connectivity index (χ4v) is 1.34. The van der Waals surface area contributed by atoms with E-state index < -0.39 is 12.8 Å². The molecule has 7 heteroatoms. The van der Waals surface area contributed by atoms with E-state index in [1.807, 2.05) is 0 Å². The summed E-state index contributed by atoms with van der Waals surface area (Å²) in [7, 11) is 1.42. The van der Waals surface area contributed by atoms with Crippen molar-refractivity contribution in [3.63, 3.8) is 0 Å². The molecule has 100 valence electrons.